The van der Waals surface area contributed by atoms with Crippen LogP contribution in [0.15, 0.2) is 78.9 Å². The molecular weight excluding hydrogens is 400 g/mol. The molecule has 32 heavy (non-hydrogen) atoms. The molecule has 1 atom stereocenters. The number of amides is 1. The Labute approximate surface area is 190 Å². The zero-order valence-electron chi connectivity index (χ0n) is 18.9. The second kappa shape index (κ2) is 11.3. The first-order valence-corrected chi connectivity index (χ1v) is 10.8. The summed E-state index contributed by atoms with van der Waals surface area (Å²) < 4.78 is 5.60. The third kappa shape index (κ3) is 6.28. The Morgan fingerprint density at radius 2 is 1.50 bits per heavy atom. The van der Waals surface area contributed by atoms with Crippen molar-refractivity contribution < 1.29 is 14.3 Å². The molecule has 5 heteroatoms. The molecule has 0 radical (unpaired) electrons. The van der Waals surface area contributed by atoms with Crippen molar-refractivity contribution in [3.05, 3.63) is 101 Å². The van der Waals surface area contributed by atoms with E-state index < -0.39 is 0 Å². The van der Waals surface area contributed by atoms with Crippen LogP contribution in [0.4, 0.5) is 0 Å². The summed E-state index contributed by atoms with van der Waals surface area (Å²) >= 11 is 0. The second-order valence-electron chi connectivity index (χ2n) is 7.89. The highest BCUT2D eigenvalue weighted by atomic mass is 16.5. The summed E-state index contributed by atoms with van der Waals surface area (Å²) in [5, 5.41) is 2.95. The third-order valence-electron chi connectivity index (χ3n) is 5.41. The largest absolute Gasteiger partial charge is 0.484 e. The van der Waals surface area contributed by atoms with Crippen LogP contribution in [-0.4, -0.2) is 43.8 Å². The average Bonchev–Trinajstić information content (AvgIpc) is 2.83. The number of likely N-dealkylation sites (N-methyl/N-ethyl adjacent to an activating group) is 1. The molecule has 3 aromatic rings. The quantitative estimate of drug-likeness (QED) is 0.488. The highest BCUT2D eigenvalue weighted by molar-refractivity contribution is 6.08. The number of rotatable bonds is 10. The number of benzene rings is 3. The molecule has 0 aromatic heterocycles. The third-order valence-corrected chi connectivity index (χ3v) is 5.41. The van der Waals surface area contributed by atoms with Crippen LogP contribution in [0.3, 0.4) is 0 Å². The molecule has 0 aliphatic heterocycles. The monoisotopic (exact) mass is 430 g/mol. The zero-order valence-corrected chi connectivity index (χ0v) is 18.9. The van der Waals surface area contributed by atoms with Crippen molar-refractivity contribution in [1.82, 2.24) is 10.2 Å². The van der Waals surface area contributed by atoms with Gasteiger partial charge in [0.2, 0.25) is 0 Å². The minimum Gasteiger partial charge on any atom is -0.484 e. The molecule has 1 N–H and O–H groups in total. The van der Waals surface area contributed by atoms with Crippen molar-refractivity contribution in [3.63, 3.8) is 0 Å². The predicted molar refractivity (Wildman–Crippen MR) is 127 cm³/mol. The molecule has 3 aromatic carbocycles. The van der Waals surface area contributed by atoms with Crippen LogP contribution in [0.25, 0.3) is 0 Å². The molecule has 0 unspecified atom stereocenters. The topological polar surface area (TPSA) is 58.6 Å². The maximum atomic E-state index is 12.5. The number of ether oxygens (including phenoxy) is 1. The van der Waals surface area contributed by atoms with Gasteiger partial charge < -0.3 is 15.0 Å². The Bertz CT molecular complexity index is 1010. The van der Waals surface area contributed by atoms with Crippen molar-refractivity contribution >= 4 is 11.7 Å². The standard InChI is InChI=1S/C27H30N2O3/c1-4-20-10-12-21(13-11-20)25(29(2)3)18-28-26(30)19-32-24-16-14-23(15-17-24)27(31)22-8-6-5-7-9-22/h5-17,25H,4,18-19H2,1-3H3,(H,28,30)/t25-/m1/s1. The SMILES string of the molecule is CCc1ccc([C@@H](CNC(=O)COc2ccc(C(=O)c3ccccc3)cc2)N(C)C)cc1. The fourth-order valence-electron chi connectivity index (χ4n) is 3.44. The van der Waals surface area contributed by atoms with Crippen molar-refractivity contribution in [2.45, 2.75) is 19.4 Å². The minimum atomic E-state index is -0.188. The molecule has 1 amide bonds. The molecule has 0 aliphatic rings. The first-order valence-electron chi connectivity index (χ1n) is 10.8. The smallest absolute Gasteiger partial charge is 0.258 e. The Balaban J connectivity index is 1.51. The minimum absolute atomic E-state index is 0.0448. The number of aryl methyl sites for hydroxylation is 1. The van der Waals surface area contributed by atoms with Gasteiger partial charge in [-0.2, -0.15) is 0 Å². The summed E-state index contributed by atoms with van der Waals surface area (Å²) in [6.45, 7) is 2.54. The van der Waals surface area contributed by atoms with E-state index >= 15 is 0 Å². The molecule has 0 fully saturated rings. The van der Waals surface area contributed by atoms with Crippen molar-refractivity contribution in [2.75, 3.05) is 27.2 Å². The van der Waals surface area contributed by atoms with Gasteiger partial charge in [-0.15, -0.1) is 0 Å². The lowest BCUT2D eigenvalue weighted by atomic mass is 10.0. The fraction of sp³-hybridized carbons (Fsp3) is 0.259. The van der Waals surface area contributed by atoms with E-state index in [0.29, 0.717) is 23.4 Å². The van der Waals surface area contributed by atoms with Crippen LogP contribution >= 0.6 is 0 Å². The average molecular weight is 431 g/mol. The van der Waals surface area contributed by atoms with Gasteiger partial charge in [0.25, 0.3) is 5.91 Å². The number of nitrogens with one attached hydrogen (secondary N) is 1. The lowest BCUT2D eigenvalue weighted by Gasteiger charge is -2.25. The van der Waals surface area contributed by atoms with Gasteiger partial charge in [0.1, 0.15) is 5.75 Å². The Morgan fingerprint density at radius 1 is 0.875 bits per heavy atom. The van der Waals surface area contributed by atoms with Crippen LogP contribution in [-0.2, 0) is 11.2 Å². The van der Waals surface area contributed by atoms with Crippen LogP contribution < -0.4 is 10.1 Å². The van der Waals surface area contributed by atoms with Gasteiger partial charge in [0.05, 0.1) is 6.04 Å². The first-order chi connectivity index (χ1) is 15.5. The maximum Gasteiger partial charge on any atom is 0.258 e. The number of carbonyl (C=O) groups excluding carboxylic acids is 2. The zero-order chi connectivity index (χ0) is 22.9. The van der Waals surface area contributed by atoms with Crippen molar-refractivity contribution in [3.8, 4) is 5.75 Å². The van der Waals surface area contributed by atoms with Gasteiger partial charge >= 0.3 is 0 Å². The summed E-state index contributed by atoms with van der Waals surface area (Å²) in [6.07, 6.45) is 1.00. The van der Waals surface area contributed by atoms with Gasteiger partial charge in [-0.05, 0) is 55.9 Å². The van der Waals surface area contributed by atoms with Gasteiger partial charge in [-0.25, -0.2) is 0 Å². The van der Waals surface area contributed by atoms with Crippen molar-refractivity contribution in [2.24, 2.45) is 0 Å². The molecule has 5 nitrogen and oxygen atoms in total. The predicted octanol–water partition coefficient (Wildman–Crippen LogP) is 4.28. The van der Waals surface area contributed by atoms with Crippen LogP contribution in [0, 0.1) is 0 Å². The van der Waals surface area contributed by atoms with E-state index in [0.717, 1.165) is 12.0 Å². The van der Waals surface area contributed by atoms with E-state index in [4.69, 9.17) is 4.74 Å². The second-order valence-corrected chi connectivity index (χ2v) is 7.89. The van der Waals surface area contributed by atoms with E-state index in [1.807, 2.05) is 32.3 Å². The van der Waals surface area contributed by atoms with Crippen LogP contribution in [0.1, 0.15) is 40.0 Å². The number of carbonyl (C=O) groups is 2. The molecule has 166 valence electrons. The molecule has 0 saturated heterocycles. The number of hydrogen-bond acceptors (Lipinski definition) is 4. The van der Waals surface area contributed by atoms with E-state index in [1.165, 1.54) is 5.56 Å². The van der Waals surface area contributed by atoms with Crippen LogP contribution in [0.5, 0.6) is 5.75 Å². The summed E-state index contributed by atoms with van der Waals surface area (Å²) in [5.74, 6) is 0.312. The normalized spacial score (nSPS) is 11.8. The first kappa shape index (κ1) is 23.2. The maximum absolute atomic E-state index is 12.5. The molecular formula is C27H30N2O3. The Kier molecular flexibility index (Phi) is 8.17. The van der Waals surface area contributed by atoms with Gasteiger partial charge in [0, 0.05) is 17.7 Å². The molecule has 0 saturated carbocycles. The number of ketones is 1. The van der Waals surface area contributed by atoms with Gasteiger partial charge in [-0.3, -0.25) is 9.59 Å². The summed E-state index contributed by atoms with van der Waals surface area (Å²) in [6, 6.07) is 24.5. The Hall–Kier alpha value is -3.44. The molecule has 3 rings (SSSR count). The fourth-order valence-corrected chi connectivity index (χ4v) is 3.44. The number of nitrogens with zero attached hydrogens (tertiary/aromatic N) is 1. The molecule has 0 aliphatic carbocycles. The summed E-state index contributed by atoms with van der Waals surface area (Å²) in [7, 11) is 4.00. The van der Waals surface area contributed by atoms with E-state index in [-0.39, 0.29) is 24.3 Å². The molecule has 0 bridgehead atoms. The van der Waals surface area contributed by atoms with E-state index in [9.17, 15) is 9.59 Å². The molecule has 0 spiro atoms. The van der Waals surface area contributed by atoms with Gasteiger partial charge in [-0.1, -0.05) is 61.5 Å². The Morgan fingerprint density at radius 3 is 2.09 bits per heavy atom. The van der Waals surface area contributed by atoms with E-state index in [2.05, 4.69) is 41.4 Å². The number of hydrogen-bond donors (Lipinski definition) is 1. The highest BCUT2D eigenvalue weighted by Gasteiger charge is 2.16. The van der Waals surface area contributed by atoms with E-state index in [1.54, 1.807) is 36.4 Å². The molecule has 0 heterocycles. The van der Waals surface area contributed by atoms with Gasteiger partial charge in [0.15, 0.2) is 12.4 Å². The summed E-state index contributed by atoms with van der Waals surface area (Å²) in [4.78, 5) is 26.9. The highest BCUT2D eigenvalue weighted by Crippen LogP contribution is 2.19. The lowest BCUT2D eigenvalue weighted by Crippen LogP contribution is -2.36. The van der Waals surface area contributed by atoms with Crippen molar-refractivity contribution in [1.29, 1.82) is 0 Å². The lowest BCUT2D eigenvalue weighted by molar-refractivity contribution is -0.123. The van der Waals surface area contributed by atoms with Crippen LogP contribution in [0.2, 0.25) is 0 Å². The summed E-state index contributed by atoms with van der Waals surface area (Å²) in [5.41, 5.74) is 3.67.